The number of nitrogens with zero attached hydrogens (tertiary/aromatic N) is 4. The monoisotopic (exact) mass is 601 g/mol. The molecule has 0 aliphatic carbocycles. The molecule has 2 aliphatic rings. The van der Waals surface area contributed by atoms with Gasteiger partial charge in [0.25, 0.3) is 0 Å². The molecule has 2 fully saturated rings. The van der Waals surface area contributed by atoms with Gasteiger partial charge < -0.3 is 24.0 Å². The molecule has 1 unspecified atom stereocenters. The van der Waals surface area contributed by atoms with E-state index >= 15 is 0 Å². The van der Waals surface area contributed by atoms with Crippen LogP contribution in [0.25, 0.3) is 11.2 Å². The van der Waals surface area contributed by atoms with Crippen LogP contribution in [-0.2, 0) is 16.2 Å². The first-order valence-electron chi connectivity index (χ1n) is 12.4. The number of hydrogen-bond acceptors (Lipinski definition) is 7. The van der Waals surface area contributed by atoms with Gasteiger partial charge in [-0.3, -0.25) is 5.32 Å². The maximum Gasteiger partial charge on any atom is 0.214 e. The Balaban J connectivity index is 1.45. The summed E-state index contributed by atoms with van der Waals surface area (Å²) in [7, 11) is -1.11. The molecule has 4 heterocycles. The molecule has 2 saturated heterocycles. The number of halogens is 1. The Kier molecular flexibility index (Phi) is 7.95. The Morgan fingerprint density at radius 3 is 2.53 bits per heavy atom. The van der Waals surface area contributed by atoms with Crippen LogP contribution in [0.15, 0.2) is 12.4 Å². The number of nitrogens with one attached hydrogen (secondary N) is 1. The van der Waals surface area contributed by atoms with Gasteiger partial charge in [-0.2, -0.15) is 0 Å². The van der Waals surface area contributed by atoms with Crippen molar-refractivity contribution in [3.63, 3.8) is 0 Å². The lowest BCUT2D eigenvalue weighted by Crippen LogP contribution is -2.53. The smallest absolute Gasteiger partial charge is 0.214 e. The molecular formula is C24H40IN5O3Si. The Hall–Kier alpha value is -0.793. The van der Waals surface area contributed by atoms with E-state index in [0.717, 1.165) is 58.9 Å². The second-order valence-electron chi connectivity index (χ2n) is 11.9. The van der Waals surface area contributed by atoms with Crippen LogP contribution in [0.5, 0.6) is 0 Å². The normalized spacial score (nSPS) is 24.2. The highest BCUT2D eigenvalue weighted by Crippen LogP contribution is 2.39. The lowest BCUT2D eigenvalue weighted by molar-refractivity contribution is -0.186. The number of hydrogen-bond donors (Lipinski definition) is 2. The van der Waals surface area contributed by atoms with Gasteiger partial charge in [0.1, 0.15) is 18.1 Å². The minimum Gasteiger partial charge on any atom is -0.361 e. The van der Waals surface area contributed by atoms with Crippen LogP contribution in [0.3, 0.4) is 0 Å². The van der Waals surface area contributed by atoms with Crippen molar-refractivity contribution in [1.82, 2.24) is 19.9 Å². The average molecular weight is 602 g/mol. The Labute approximate surface area is 218 Å². The summed E-state index contributed by atoms with van der Waals surface area (Å²) in [6, 6.07) is 2.16. The maximum atomic E-state index is 10.3. The summed E-state index contributed by atoms with van der Waals surface area (Å²) in [5, 5.41) is 13.6. The van der Waals surface area contributed by atoms with Crippen LogP contribution < -0.4 is 10.2 Å². The van der Waals surface area contributed by atoms with Crippen LogP contribution in [0.2, 0.25) is 25.7 Å². The van der Waals surface area contributed by atoms with Crippen molar-refractivity contribution in [2.45, 2.75) is 109 Å². The van der Waals surface area contributed by atoms with Crippen molar-refractivity contribution < 1.29 is 14.6 Å². The summed E-state index contributed by atoms with van der Waals surface area (Å²) >= 11 is 2.33. The molecule has 0 amide bonds. The number of aliphatic hydroxyl groups excluding tert-OH is 1. The van der Waals surface area contributed by atoms with Gasteiger partial charge in [-0.25, -0.2) is 9.97 Å². The largest absolute Gasteiger partial charge is 0.361 e. The zero-order chi connectivity index (χ0) is 24.7. The number of aromatic nitrogens is 3. The van der Waals surface area contributed by atoms with Gasteiger partial charge in [-0.15, -0.1) is 0 Å². The second-order valence-corrected chi connectivity index (χ2v) is 18.7. The molecule has 34 heavy (non-hydrogen) atoms. The molecule has 2 aromatic rings. The number of aliphatic hydroxyl groups is 1. The Bertz CT molecular complexity index is 975. The van der Waals surface area contributed by atoms with E-state index in [1.54, 1.807) is 0 Å². The van der Waals surface area contributed by atoms with Gasteiger partial charge in [0, 0.05) is 39.0 Å². The number of piperidine rings is 1. The van der Waals surface area contributed by atoms with Gasteiger partial charge in [-0.1, -0.05) is 19.6 Å². The predicted molar refractivity (Wildman–Crippen MR) is 147 cm³/mol. The average Bonchev–Trinajstić information content (AvgIpc) is 3.16. The van der Waals surface area contributed by atoms with Crippen molar-refractivity contribution in [2.75, 3.05) is 11.5 Å². The molecule has 4 rings (SSSR count). The van der Waals surface area contributed by atoms with Gasteiger partial charge in [0.05, 0.1) is 15.4 Å². The van der Waals surface area contributed by atoms with Crippen LogP contribution in [0.1, 0.15) is 46.5 Å². The van der Waals surface area contributed by atoms with E-state index in [-0.39, 0.29) is 11.6 Å². The van der Waals surface area contributed by atoms with E-state index in [4.69, 9.17) is 19.4 Å². The molecule has 10 heteroatoms. The van der Waals surface area contributed by atoms with Crippen LogP contribution in [0, 0.1) is 3.57 Å². The molecular weight excluding hydrogens is 561 g/mol. The van der Waals surface area contributed by atoms with Crippen LogP contribution >= 0.6 is 22.6 Å². The van der Waals surface area contributed by atoms with E-state index in [9.17, 15) is 5.11 Å². The highest BCUT2D eigenvalue weighted by Gasteiger charge is 2.42. The lowest BCUT2D eigenvalue weighted by Gasteiger charge is -2.40. The Morgan fingerprint density at radius 2 is 1.91 bits per heavy atom. The summed E-state index contributed by atoms with van der Waals surface area (Å²) in [6.45, 7) is 14.3. The third-order valence-corrected chi connectivity index (χ3v) is 9.07. The van der Waals surface area contributed by atoms with Crippen molar-refractivity contribution in [1.29, 1.82) is 0 Å². The Morgan fingerprint density at radius 1 is 1.24 bits per heavy atom. The zero-order valence-corrected chi connectivity index (χ0v) is 24.5. The molecule has 190 valence electrons. The van der Waals surface area contributed by atoms with Crippen molar-refractivity contribution in [3.05, 3.63) is 16.0 Å². The lowest BCUT2D eigenvalue weighted by atomic mass is 9.97. The van der Waals surface area contributed by atoms with Crippen molar-refractivity contribution in [3.8, 4) is 0 Å². The van der Waals surface area contributed by atoms with Gasteiger partial charge >= 0.3 is 0 Å². The van der Waals surface area contributed by atoms with Crippen LogP contribution in [0.4, 0.5) is 5.82 Å². The molecule has 2 aromatic heterocycles. The minimum absolute atomic E-state index is 0.229. The molecule has 0 spiro atoms. The molecule has 0 aromatic carbocycles. The molecule has 2 bridgehead atoms. The molecule has 2 aliphatic heterocycles. The van der Waals surface area contributed by atoms with E-state index < -0.39 is 14.5 Å². The van der Waals surface area contributed by atoms with E-state index in [0.29, 0.717) is 18.8 Å². The minimum atomic E-state index is -1.11. The highest BCUT2D eigenvalue weighted by atomic mass is 127. The molecule has 4 atom stereocenters. The third-order valence-electron chi connectivity index (χ3n) is 6.58. The first kappa shape index (κ1) is 26.3. The fraction of sp³-hybridized carbons (Fsp3) is 0.750. The van der Waals surface area contributed by atoms with E-state index in [2.05, 4.69) is 63.2 Å². The molecule has 0 radical (unpaired) electrons. The fourth-order valence-electron chi connectivity index (χ4n) is 5.02. The summed E-state index contributed by atoms with van der Waals surface area (Å²) < 4.78 is 14.9. The predicted octanol–water partition coefficient (Wildman–Crippen LogP) is 4.53. The quantitative estimate of drug-likeness (QED) is 0.189. The van der Waals surface area contributed by atoms with Crippen molar-refractivity contribution >= 4 is 47.6 Å². The highest BCUT2D eigenvalue weighted by molar-refractivity contribution is 14.1. The van der Waals surface area contributed by atoms with Crippen molar-refractivity contribution in [2.24, 2.45) is 0 Å². The summed E-state index contributed by atoms with van der Waals surface area (Å²) in [5.74, 6) is 0.947. The standard InChI is InChI=1S/C24H40IN5O3Si/c1-24(2,3)33-23(31)27-16-11-17-7-8-18(12-16)30(17)20-13-26-21-19(25)14-29(22(21)28-20)15-32-9-10-34(4,5)6/h13-14,16-18,23,27,31H,7-12,15H2,1-6H3/t16-,17+,18-,23?. The van der Waals surface area contributed by atoms with Gasteiger partial charge in [0.15, 0.2) is 5.65 Å². The third kappa shape index (κ3) is 6.50. The fourth-order valence-corrected chi connectivity index (χ4v) is 6.49. The van der Waals surface area contributed by atoms with Gasteiger partial charge in [0.2, 0.25) is 6.41 Å². The first-order chi connectivity index (χ1) is 15.9. The maximum absolute atomic E-state index is 10.3. The number of fused-ring (bicyclic) bond motifs is 3. The summed E-state index contributed by atoms with van der Waals surface area (Å²) in [4.78, 5) is 12.3. The molecule has 8 nitrogen and oxygen atoms in total. The first-order valence-corrected chi connectivity index (χ1v) is 17.2. The van der Waals surface area contributed by atoms with E-state index in [1.807, 2.05) is 27.0 Å². The number of ether oxygens (including phenoxy) is 2. The number of rotatable bonds is 9. The summed E-state index contributed by atoms with van der Waals surface area (Å²) in [5.41, 5.74) is 1.44. The SMILES string of the molecule is CC(C)(C)OC(O)N[C@H]1C[C@H]2CC[C@@H](C1)N2c1cnc2c(I)cn(COCC[Si](C)(C)C)c2n1. The van der Waals surface area contributed by atoms with Gasteiger partial charge in [-0.05, 0) is 75.1 Å². The topological polar surface area (TPSA) is 84.7 Å². The van der Waals surface area contributed by atoms with E-state index in [1.165, 1.54) is 0 Å². The molecule has 2 N–H and O–H groups in total. The number of anilines is 1. The zero-order valence-electron chi connectivity index (χ0n) is 21.3. The molecule has 0 saturated carbocycles. The summed E-state index contributed by atoms with van der Waals surface area (Å²) in [6.07, 6.45) is 7.26. The van der Waals surface area contributed by atoms with Crippen LogP contribution in [-0.4, -0.2) is 64.5 Å². The second kappa shape index (κ2) is 10.3.